The Morgan fingerprint density at radius 1 is 0.274 bits per heavy atom. The first-order valence-corrected chi connectivity index (χ1v) is 28.3. The second-order valence-corrected chi connectivity index (χ2v) is 19.2. The maximum atomic E-state index is 13.4. The van der Waals surface area contributed by atoms with Gasteiger partial charge in [-0.25, -0.2) is 0 Å². The lowest BCUT2D eigenvalue weighted by atomic mass is 10.2. The van der Waals surface area contributed by atoms with Crippen molar-refractivity contribution < 1.29 is 95.7 Å². The maximum absolute atomic E-state index is 13.4. The molecule has 0 spiro atoms. The summed E-state index contributed by atoms with van der Waals surface area (Å²) in [5.74, 6) is -4.27. The molecule has 0 rings (SSSR count). The molecule has 84 heavy (non-hydrogen) atoms. The molecule has 30 heteroatoms. The number of aliphatic hydroxyl groups excluding tert-OH is 1. The van der Waals surface area contributed by atoms with Crippen molar-refractivity contribution in [3.8, 4) is 0 Å². The molecule has 0 bridgehead atoms. The highest BCUT2D eigenvalue weighted by atomic mass is 16.5. The van der Waals surface area contributed by atoms with E-state index in [2.05, 4.69) is 21.3 Å². The molecule has 0 heterocycles. The van der Waals surface area contributed by atoms with Crippen molar-refractivity contribution in [2.45, 2.75) is 83.3 Å². The Bertz CT molecular complexity index is 1790. The summed E-state index contributed by atoms with van der Waals surface area (Å²) in [5.41, 5.74) is 0. The maximum Gasteiger partial charge on any atom is 0.306 e. The van der Waals surface area contributed by atoms with Crippen LogP contribution in [0.4, 0.5) is 0 Å². The van der Waals surface area contributed by atoms with Gasteiger partial charge >= 0.3 is 47.8 Å². The van der Waals surface area contributed by atoms with Crippen molar-refractivity contribution >= 4 is 65.5 Å². The zero-order valence-electron chi connectivity index (χ0n) is 51.0. The van der Waals surface area contributed by atoms with Crippen molar-refractivity contribution in [3.05, 3.63) is 0 Å². The van der Waals surface area contributed by atoms with E-state index < -0.39 is 54.0 Å². The van der Waals surface area contributed by atoms with E-state index in [1.54, 1.807) is 0 Å². The number of esters is 8. The second kappa shape index (κ2) is 50.2. The number of ether oxygens (including phenoxy) is 8. The smallest absolute Gasteiger partial charge is 0.306 e. The molecule has 30 nitrogen and oxygen atoms in total. The van der Waals surface area contributed by atoms with Gasteiger partial charge in [-0.1, -0.05) is 0 Å². The van der Waals surface area contributed by atoms with Crippen molar-refractivity contribution in [2.24, 2.45) is 0 Å². The lowest BCUT2D eigenvalue weighted by molar-refractivity contribution is -0.142. The average molecular weight is 1210 g/mol. The fourth-order valence-corrected chi connectivity index (χ4v) is 8.01. The molecule has 484 valence electrons. The van der Waals surface area contributed by atoms with Gasteiger partial charge in [0.15, 0.2) is 0 Å². The Morgan fingerprint density at radius 3 is 0.690 bits per heavy atom. The molecule has 5 N–H and O–H groups in total. The molecule has 0 aliphatic carbocycles. The molecule has 0 aliphatic heterocycles. The highest BCUT2D eigenvalue weighted by Crippen LogP contribution is 2.05. The summed E-state index contributed by atoms with van der Waals surface area (Å²) in [5, 5.41) is 22.9. The van der Waals surface area contributed by atoms with Crippen LogP contribution in [-0.2, 0) is 90.6 Å². The van der Waals surface area contributed by atoms with Crippen molar-refractivity contribution in [2.75, 3.05) is 201 Å². The van der Waals surface area contributed by atoms with Crippen molar-refractivity contribution in [1.29, 1.82) is 0 Å². The van der Waals surface area contributed by atoms with E-state index >= 15 is 0 Å². The number of hydrogen-bond donors (Lipinski definition) is 5. The number of amides is 3. The Labute approximate surface area is 494 Å². The van der Waals surface area contributed by atoms with Crippen LogP contribution >= 0.6 is 0 Å². The SMILES string of the molecule is COC(=O)CCN(CCNC(=O)CCN(CCC(=O)NCCN(CCC(=O)OC)CCC(=O)OC)CCN(CCC(=O)NCCN(CCC(=O)OC)CCC(=O)OC)CCC(O)NCCN(CCC(=O)OC)CCC(=O)OC)CCC(=O)OC. The van der Waals surface area contributed by atoms with E-state index in [0.29, 0.717) is 58.9 Å². The first kappa shape index (κ1) is 77.9. The van der Waals surface area contributed by atoms with E-state index in [1.807, 2.05) is 29.4 Å². The van der Waals surface area contributed by atoms with Crippen LogP contribution in [0.15, 0.2) is 0 Å². The normalized spacial score (nSPS) is 11.6. The first-order valence-electron chi connectivity index (χ1n) is 28.3. The van der Waals surface area contributed by atoms with Crippen molar-refractivity contribution in [1.82, 2.24) is 50.7 Å². The topological polar surface area (TPSA) is 349 Å². The Balaban J connectivity index is 6.42. The number of nitrogens with one attached hydrogen (secondary N) is 4. The van der Waals surface area contributed by atoms with Gasteiger partial charge in [-0.2, -0.15) is 0 Å². The van der Waals surface area contributed by atoms with Gasteiger partial charge in [-0.05, 0) is 6.42 Å². The predicted octanol–water partition coefficient (Wildman–Crippen LogP) is -2.88. The Morgan fingerprint density at radius 2 is 0.464 bits per heavy atom. The van der Waals surface area contributed by atoms with Gasteiger partial charge in [-0.15, -0.1) is 0 Å². The van der Waals surface area contributed by atoms with Crippen LogP contribution in [0.5, 0.6) is 0 Å². The van der Waals surface area contributed by atoms with Crippen LogP contribution in [0, 0.1) is 0 Å². The van der Waals surface area contributed by atoms with E-state index in [0.717, 1.165) is 0 Å². The summed E-state index contributed by atoms with van der Waals surface area (Å²) in [4.78, 5) is 147. The number of rotatable bonds is 52. The quantitative estimate of drug-likeness (QED) is 0.0232. The second-order valence-electron chi connectivity index (χ2n) is 19.2. The third-order valence-electron chi connectivity index (χ3n) is 13.4. The van der Waals surface area contributed by atoms with Crippen LogP contribution in [0.25, 0.3) is 0 Å². The van der Waals surface area contributed by atoms with Crippen molar-refractivity contribution in [3.63, 3.8) is 0 Å². The van der Waals surface area contributed by atoms with Gasteiger partial charge in [0.2, 0.25) is 17.7 Å². The number of aliphatic hydroxyl groups is 1. The van der Waals surface area contributed by atoms with Gasteiger partial charge in [0.05, 0.1) is 108 Å². The van der Waals surface area contributed by atoms with Gasteiger partial charge in [0.1, 0.15) is 6.23 Å². The van der Waals surface area contributed by atoms with E-state index in [1.165, 1.54) is 56.9 Å². The fraction of sp³-hybridized carbons (Fsp3) is 0.796. The molecule has 0 aromatic carbocycles. The summed E-state index contributed by atoms with van der Waals surface area (Å²) in [6.07, 6.45) is -0.0750. The molecule has 0 saturated heterocycles. The predicted molar refractivity (Wildman–Crippen MR) is 303 cm³/mol. The summed E-state index contributed by atoms with van der Waals surface area (Å²) >= 11 is 0. The van der Waals surface area contributed by atoms with Crippen LogP contribution < -0.4 is 21.3 Å². The minimum atomic E-state index is -1.01. The molecule has 1 atom stereocenters. The largest absolute Gasteiger partial charge is 0.469 e. The lowest BCUT2D eigenvalue weighted by Crippen LogP contribution is -2.43. The minimum Gasteiger partial charge on any atom is -0.469 e. The zero-order valence-corrected chi connectivity index (χ0v) is 51.0. The molecule has 0 saturated carbocycles. The van der Waals surface area contributed by atoms with E-state index in [9.17, 15) is 57.8 Å². The summed E-state index contributed by atoms with van der Waals surface area (Å²) in [7, 11) is 10.2. The summed E-state index contributed by atoms with van der Waals surface area (Å²) < 4.78 is 38.1. The molecule has 0 aliphatic rings. The summed E-state index contributed by atoms with van der Waals surface area (Å²) in [6, 6.07) is 0. The lowest BCUT2D eigenvalue weighted by Gasteiger charge is -2.29. The van der Waals surface area contributed by atoms with Crippen LogP contribution in [0.1, 0.15) is 77.0 Å². The Kier molecular flexibility index (Phi) is 46.5. The average Bonchev–Trinajstić information content (AvgIpc) is 3.50. The monoisotopic (exact) mass is 1210 g/mol. The van der Waals surface area contributed by atoms with Gasteiger partial charge < -0.3 is 88.4 Å². The minimum absolute atomic E-state index is 0.0267. The molecular formula is C54H98N10O20. The third-order valence-corrected chi connectivity index (χ3v) is 13.4. The number of carbonyl (C=O) groups is 11. The molecule has 1 unspecified atom stereocenters. The van der Waals surface area contributed by atoms with E-state index in [4.69, 9.17) is 37.9 Å². The first-order chi connectivity index (χ1) is 40.2. The highest BCUT2D eigenvalue weighted by molar-refractivity contribution is 5.77. The van der Waals surface area contributed by atoms with Gasteiger partial charge in [-0.3, -0.25) is 58.1 Å². The molecule has 3 amide bonds. The number of hydrogen-bond acceptors (Lipinski definition) is 27. The molecule has 0 aromatic heterocycles. The highest BCUT2D eigenvalue weighted by Gasteiger charge is 2.20. The molecule has 0 fully saturated rings. The van der Waals surface area contributed by atoms with Gasteiger partial charge in [0.25, 0.3) is 0 Å². The number of nitrogens with zero attached hydrogens (tertiary/aromatic N) is 6. The van der Waals surface area contributed by atoms with Crippen LogP contribution in [0.2, 0.25) is 0 Å². The van der Waals surface area contributed by atoms with Gasteiger partial charge in [0, 0.05) is 163 Å². The molecule has 0 radical (unpaired) electrons. The standard InChI is InChI=1S/C54H98N10O20/c1-77-47(69)13-29-59(30-14-48(70)78-2)37-21-55-43(65)9-25-63(26-10-44(66)56-22-38-60(31-15-49(71)79-3)32-16-50(72)80-4)41-42-64(27-11-45(67)57-23-39-61(33-17-51(73)81-5)34-18-52(74)82-6)28-12-46(68)58-24-40-62(35-19-53(75)83-7)36-20-54(76)84-8/h43,55,65H,9-42H2,1-8H3,(H,56,66)(H,57,67)(H,58,68). The Hall–Kier alpha value is -6.15. The summed E-state index contributed by atoms with van der Waals surface area (Å²) in [6.45, 7) is 6.16. The molecular weight excluding hydrogens is 1110 g/mol. The number of carbonyl (C=O) groups excluding carboxylic acids is 11. The molecule has 0 aromatic rings. The third kappa shape index (κ3) is 43.5. The van der Waals surface area contributed by atoms with Crippen LogP contribution in [0.3, 0.4) is 0 Å². The zero-order chi connectivity index (χ0) is 62.9. The number of methoxy groups -OCH3 is 8. The van der Waals surface area contributed by atoms with Crippen LogP contribution in [-0.4, -0.2) is 307 Å². The fourth-order valence-electron chi connectivity index (χ4n) is 8.01. The van der Waals surface area contributed by atoms with E-state index in [-0.39, 0.29) is 180 Å².